The quantitative estimate of drug-likeness (QED) is 0.685. The third kappa shape index (κ3) is 2.05. The molecule has 0 aromatic heterocycles. The Hall–Kier alpha value is -1.50. The fourth-order valence-corrected chi connectivity index (χ4v) is 1.63. The number of hydrogen-bond acceptors (Lipinski definition) is 0. The van der Waals surface area contributed by atoms with E-state index in [0.29, 0.717) is 0 Å². The largest absolute Gasteiger partial charge is 0.261 e. The maximum Gasteiger partial charge on any atom is 0.0405 e. The van der Waals surface area contributed by atoms with Gasteiger partial charge in [0, 0.05) is 11.9 Å². The summed E-state index contributed by atoms with van der Waals surface area (Å²) < 4.78 is 0. The molecule has 0 saturated heterocycles. The average Bonchev–Trinajstić information content (AvgIpc) is 2.63. The van der Waals surface area contributed by atoms with Gasteiger partial charge in [-0.25, -0.2) is 0 Å². The molecular formula is C13H14N. The molecule has 1 aromatic carbocycles. The molecule has 1 aliphatic rings. The summed E-state index contributed by atoms with van der Waals surface area (Å²) in [6, 6.07) is 10.6. The van der Waals surface area contributed by atoms with Crippen LogP contribution in [0.15, 0.2) is 53.9 Å². The van der Waals surface area contributed by atoms with Gasteiger partial charge in [0.1, 0.15) is 0 Å². The number of benzene rings is 1. The van der Waals surface area contributed by atoms with Gasteiger partial charge >= 0.3 is 0 Å². The Morgan fingerprint density at radius 2 is 1.86 bits per heavy atom. The van der Waals surface area contributed by atoms with Crippen LogP contribution in [0.3, 0.4) is 0 Å². The Bertz CT molecular complexity index is 360. The highest BCUT2D eigenvalue weighted by Crippen LogP contribution is 2.17. The van der Waals surface area contributed by atoms with E-state index in [-0.39, 0.29) is 0 Å². The predicted octanol–water partition coefficient (Wildman–Crippen LogP) is 3.02. The van der Waals surface area contributed by atoms with Crippen molar-refractivity contribution in [2.75, 3.05) is 0 Å². The lowest BCUT2D eigenvalue weighted by Gasteiger charge is -2.02. The van der Waals surface area contributed by atoms with Gasteiger partial charge in [0.05, 0.1) is 0 Å². The second-order valence-corrected chi connectivity index (χ2v) is 3.54. The summed E-state index contributed by atoms with van der Waals surface area (Å²) in [5, 5.41) is 4.23. The van der Waals surface area contributed by atoms with E-state index in [2.05, 4.69) is 48.6 Å². The second-order valence-electron chi connectivity index (χ2n) is 3.54. The summed E-state index contributed by atoms with van der Waals surface area (Å²) in [5.41, 5.74) is 3.93. The maximum absolute atomic E-state index is 4.23. The minimum Gasteiger partial charge on any atom is -0.261 e. The molecule has 0 saturated carbocycles. The van der Waals surface area contributed by atoms with Gasteiger partial charge in [0.15, 0.2) is 0 Å². The molecule has 71 valence electrons. The van der Waals surface area contributed by atoms with Crippen LogP contribution in [0.1, 0.15) is 18.9 Å². The van der Waals surface area contributed by atoms with Crippen molar-refractivity contribution in [2.24, 2.45) is 0 Å². The van der Waals surface area contributed by atoms with E-state index >= 15 is 0 Å². The minimum atomic E-state index is 1.09. The van der Waals surface area contributed by atoms with Gasteiger partial charge in [0.2, 0.25) is 0 Å². The molecule has 1 radical (unpaired) electrons. The summed E-state index contributed by atoms with van der Waals surface area (Å²) in [6.45, 7) is 2.07. The molecule has 1 aromatic rings. The lowest BCUT2D eigenvalue weighted by molar-refractivity contribution is 0.936. The summed E-state index contributed by atoms with van der Waals surface area (Å²) >= 11 is 0. The first-order valence-electron chi connectivity index (χ1n) is 4.97. The maximum atomic E-state index is 4.23. The normalized spacial score (nSPS) is 14.6. The van der Waals surface area contributed by atoms with Crippen LogP contribution in [-0.2, 0) is 6.42 Å². The van der Waals surface area contributed by atoms with Crippen LogP contribution in [0, 0.1) is 0 Å². The minimum absolute atomic E-state index is 1.09. The van der Waals surface area contributed by atoms with E-state index < -0.39 is 0 Å². The number of rotatable bonds is 3. The molecule has 1 heteroatoms. The molecule has 0 amide bonds. The van der Waals surface area contributed by atoms with Crippen molar-refractivity contribution in [3.8, 4) is 0 Å². The van der Waals surface area contributed by atoms with Gasteiger partial charge in [-0.2, -0.15) is 0 Å². The summed E-state index contributed by atoms with van der Waals surface area (Å²) in [5.74, 6) is 0. The first-order valence-corrected chi connectivity index (χ1v) is 4.97. The molecule has 0 bridgehead atoms. The first kappa shape index (κ1) is 9.07. The first-order chi connectivity index (χ1) is 6.86. The molecule has 0 spiro atoms. The number of aryl methyl sites for hydroxylation is 1. The second kappa shape index (κ2) is 4.14. The van der Waals surface area contributed by atoms with Crippen molar-refractivity contribution in [1.29, 1.82) is 0 Å². The van der Waals surface area contributed by atoms with Crippen LogP contribution < -0.4 is 5.32 Å². The van der Waals surface area contributed by atoms with Gasteiger partial charge in [-0.3, -0.25) is 5.32 Å². The molecule has 0 atom stereocenters. The number of allylic oxidation sites excluding steroid dienone is 3. The van der Waals surface area contributed by atoms with Crippen LogP contribution in [0.2, 0.25) is 0 Å². The zero-order chi connectivity index (χ0) is 9.80. The van der Waals surface area contributed by atoms with Crippen molar-refractivity contribution >= 4 is 0 Å². The van der Waals surface area contributed by atoms with Crippen molar-refractivity contribution in [3.63, 3.8) is 0 Å². The molecule has 0 unspecified atom stereocenters. The highest BCUT2D eigenvalue weighted by atomic mass is 14.9. The molecule has 0 aliphatic carbocycles. The number of hydrogen-bond donors (Lipinski definition) is 0. The Kier molecular flexibility index (Phi) is 2.68. The molecule has 0 N–H and O–H groups in total. The molecule has 1 nitrogen and oxygen atoms in total. The lowest BCUT2D eigenvalue weighted by atomic mass is 10.0. The molecule has 14 heavy (non-hydrogen) atoms. The highest BCUT2D eigenvalue weighted by Gasteiger charge is 2.05. The van der Waals surface area contributed by atoms with E-state index in [1.807, 2.05) is 6.20 Å². The average molecular weight is 184 g/mol. The Balaban J connectivity index is 1.95. The van der Waals surface area contributed by atoms with Crippen molar-refractivity contribution < 1.29 is 0 Å². The monoisotopic (exact) mass is 184 g/mol. The van der Waals surface area contributed by atoms with Crippen molar-refractivity contribution in [2.45, 2.75) is 19.8 Å². The summed E-state index contributed by atoms with van der Waals surface area (Å²) in [6.07, 6.45) is 6.19. The van der Waals surface area contributed by atoms with Crippen molar-refractivity contribution in [3.05, 3.63) is 59.4 Å². The van der Waals surface area contributed by atoms with Crippen LogP contribution in [0.4, 0.5) is 0 Å². The molecular weight excluding hydrogens is 170 g/mol. The third-order valence-electron chi connectivity index (χ3n) is 2.53. The predicted molar refractivity (Wildman–Crippen MR) is 58.7 cm³/mol. The van der Waals surface area contributed by atoms with Gasteiger partial charge < -0.3 is 0 Å². The Morgan fingerprint density at radius 3 is 2.50 bits per heavy atom. The fraction of sp³-hybridized carbons (Fsp3) is 0.231. The van der Waals surface area contributed by atoms with Crippen LogP contribution in [0.5, 0.6) is 0 Å². The van der Waals surface area contributed by atoms with E-state index in [0.717, 1.165) is 12.8 Å². The number of nitrogens with zero attached hydrogens (tertiary/aromatic N) is 1. The molecule has 2 rings (SSSR count). The zero-order valence-corrected chi connectivity index (χ0v) is 8.40. The highest BCUT2D eigenvalue weighted by molar-refractivity contribution is 5.31. The van der Waals surface area contributed by atoms with E-state index in [9.17, 15) is 0 Å². The van der Waals surface area contributed by atoms with Gasteiger partial charge in [-0.05, 0) is 37.0 Å². The third-order valence-corrected chi connectivity index (χ3v) is 2.53. The summed E-state index contributed by atoms with van der Waals surface area (Å²) in [4.78, 5) is 0. The summed E-state index contributed by atoms with van der Waals surface area (Å²) in [7, 11) is 0. The van der Waals surface area contributed by atoms with Crippen molar-refractivity contribution in [1.82, 2.24) is 5.32 Å². The lowest BCUT2D eigenvalue weighted by Crippen LogP contribution is -1.91. The Morgan fingerprint density at radius 1 is 1.07 bits per heavy atom. The van der Waals surface area contributed by atoms with E-state index in [1.165, 1.54) is 16.8 Å². The van der Waals surface area contributed by atoms with Gasteiger partial charge in [-0.15, -0.1) is 0 Å². The standard InChI is InChI=1S/C13H14N/c1-11-13(9-10-14-11)8-7-12-5-3-2-4-6-12/h2-6,9-10H,7-8H2,1H3. The topological polar surface area (TPSA) is 14.1 Å². The van der Waals surface area contributed by atoms with Gasteiger partial charge in [0.25, 0.3) is 0 Å². The zero-order valence-electron chi connectivity index (χ0n) is 8.40. The molecule has 1 heterocycles. The fourth-order valence-electron chi connectivity index (χ4n) is 1.63. The van der Waals surface area contributed by atoms with E-state index in [1.54, 1.807) is 0 Å². The van der Waals surface area contributed by atoms with Crippen LogP contribution in [-0.4, -0.2) is 0 Å². The van der Waals surface area contributed by atoms with Crippen LogP contribution in [0.25, 0.3) is 0 Å². The Labute approximate surface area is 85.2 Å². The molecule has 1 aliphatic heterocycles. The SMILES string of the molecule is CC1=C(CCc2ccccc2)C=C[N]1. The van der Waals surface area contributed by atoms with E-state index in [4.69, 9.17) is 0 Å². The van der Waals surface area contributed by atoms with Gasteiger partial charge in [-0.1, -0.05) is 30.3 Å². The van der Waals surface area contributed by atoms with Crippen LogP contribution >= 0.6 is 0 Å². The molecule has 0 fully saturated rings. The smallest absolute Gasteiger partial charge is 0.0405 e.